The molecule has 0 unspecified atom stereocenters. The third-order valence-electron chi connectivity index (χ3n) is 3.28. The van der Waals surface area contributed by atoms with Gasteiger partial charge >= 0.3 is 6.61 Å². The molecule has 0 radical (unpaired) electrons. The van der Waals surface area contributed by atoms with Gasteiger partial charge in [-0.25, -0.2) is 4.98 Å². The highest BCUT2D eigenvalue weighted by molar-refractivity contribution is 5.54. The van der Waals surface area contributed by atoms with Crippen LogP contribution in [0.4, 0.5) is 14.5 Å². The number of ether oxygens (including phenoxy) is 2. The Morgan fingerprint density at radius 2 is 2.18 bits per heavy atom. The molecule has 1 saturated carbocycles. The van der Waals surface area contributed by atoms with Gasteiger partial charge in [-0.05, 0) is 30.9 Å². The molecular weight excluding hydrogens is 294 g/mol. The Hall–Kier alpha value is -2.31. The van der Waals surface area contributed by atoms with Crippen molar-refractivity contribution < 1.29 is 22.7 Å². The highest BCUT2D eigenvalue weighted by atomic mass is 19.3. The van der Waals surface area contributed by atoms with E-state index in [4.69, 9.17) is 9.15 Å². The molecule has 0 aliphatic heterocycles. The minimum absolute atomic E-state index is 0.0425. The molecule has 22 heavy (non-hydrogen) atoms. The molecule has 0 amide bonds. The van der Waals surface area contributed by atoms with Gasteiger partial charge in [0, 0.05) is 11.8 Å². The number of benzene rings is 1. The van der Waals surface area contributed by atoms with Crippen LogP contribution in [0.2, 0.25) is 0 Å². The standard InChI is InChI=1S/C15H16F2N2O3/c16-15(17)22-13-4-3-11(19-7-12-6-18-9-21-12)5-14(13)20-8-10-1-2-10/h3-6,9-10,15,19H,1-2,7-8H2. The van der Waals surface area contributed by atoms with Crippen LogP contribution in [0, 0.1) is 5.92 Å². The number of nitrogens with one attached hydrogen (secondary N) is 1. The number of nitrogens with zero attached hydrogens (tertiary/aromatic N) is 1. The molecule has 1 aliphatic rings. The van der Waals surface area contributed by atoms with Crippen LogP contribution >= 0.6 is 0 Å². The van der Waals surface area contributed by atoms with Gasteiger partial charge in [-0.1, -0.05) is 0 Å². The summed E-state index contributed by atoms with van der Waals surface area (Å²) in [6.45, 7) is -1.92. The van der Waals surface area contributed by atoms with Gasteiger partial charge in [0.2, 0.25) is 0 Å². The van der Waals surface area contributed by atoms with Gasteiger partial charge in [-0.2, -0.15) is 8.78 Å². The number of hydrogen-bond donors (Lipinski definition) is 1. The van der Waals surface area contributed by atoms with Crippen LogP contribution in [0.3, 0.4) is 0 Å². The van der Waals surface area contributed by atoms with Crippen molar-refractivity contribution in [3.05, 3.63) is 36.5 Å². The van der Waals surface area contributed by atoms with Crippen LogP contribution in [-0.2, 0) is 6.54 Å². The maximum atomic E-state index is 12.4. The Kier molecular flexibility index (Phi) is 4.41. The van der Waals surface area contributed by atoms with E-state index in [0.717, 1.165) is 18.5 Å². The average Bonchev–Trinajstić information content (AvgIpc) is 3.18. The summed E-state index contributed by atoms with van der Waals surface area (Å²) in [4.78, 5) is 3.82. The number of hydrogen-bond acceptors (Lipinski definition) is 5. The minimum atomic E-state index is -2.88. The molecule has 1 heterocycles. The van der Waals surface area contributed by atoms with Crippen molar-refractivity contribution in [2.24, 2.45) is 5.92 Å². The zero-order valence-electron chi connectivity index (χ0n) is 11.8. The van der Waals surface area contributed by atoms with Crippen LogP contribution in [0.15, 0.2) is 35.2 Å². The van der Waals surface area contributed by atoms with Crippen molar-refractivity contribution in [3.63, 3.8) is 0 Å². The molecule has 1 fully saturated rings. The third-order valence-corrected chi connectivity index (χ3v) is 3.28. The predicted octanol–water partition coefficient (Wildman–Crippen LogP) is 3.68. The summed E-state index contributed by atoms with van der Waals surface area (Å²) in [5.74, 6) is 1.55. The van der Waals surface area contributed by atoms with E-state index >= 15 is 0 Å². The van der Waals surface area contributed by atoms with Gasteiger partial charge in [0.25, 0.3) is 0 Å². The largest absolute Gasteiger partial charge is 0.489 e. The molecule has 0 spiro atoms. The first-order valence-corrected chi connectivity index (χ1v) is 7.03. The fourth-order valence-electron chi connectivity index (χ4n) is 1.93. The monoisotopic (exact) mass is 310 g/mol. The molecular formula is C15H16F2N2O3. The number of halogens is 2. The molecule has 1 aliphatic carbocycles. The number of alkyl halides is 2. The molecule has 7 heteroatoms. The molecule has 118 valence electrons. The average molecular weight is 310 g/mol. The second-order valence-corrected chi connectivity index (χ2v) is 5.12. The van der Waals surface area contributed by atoms with Gasteiger partial charge in [-0.3, -0.25) is 0 Å². The highest BCUT2D eigenvalue weighted by Gasteiger charge is 2.23. The number of rotatable bonds is 8. The van der Waals surface area contributed by atoms with Crippen LogP contribution < -0.4 is 14.8 Å². The fraction of sp³-hybridized carbons (Fsp3) is 0.400. The zero-order valence-corrected chi connectivity index (χ0v) is 11.8. The maximum absolute atomic E-state index is 12.4. The second kappa shape index (κ2) is 6.64. The predicted molar refractivity (Wildman–Crippen MR) is 75.1 cm³/mol. The maximum Gasteiger partial charge on any atom is 0.387 e. The fourth-order valence-corrected chi connectivity index (χ4v) is 1.93. The van der Waals surface area contributed by atoms with Gasteiger partial charge < -0.3 is 19.2 Å². The molecule has 1 N–H and O–H groups in total. The summed E-state index contributed by atoms with van der Waals surface area (Å²) in [6, 6.07) is 4.77. The SMILES string of the molecule is FC(F)Oc1ccc(NCc2cnco2)cc1OCC1CC1. The molecule has 0 atom stereocenters. The first kappa shape index (κ1) is 14.6. The third kappa shape index (κ3) is 4.09. The lowest BCUT2D eigenvalue weighted by atomic mass is 10.2. The molecule has 0 saturated heterocycles. The van der Waals surface area contributed by atoms with Gasteiger partial charge in [0.05, 0.1) is 19.3 Å². The molecule has 3 rings (SSSR count). The lowest BCUT2D eigenvalue weighted by Gasteiger charge is -2.14. The van der Waals surface area contributed by atoms with E-state index in [1.165, 1.54) is 12.5 Å². The Labute approximate surface area is 126 Å². The van der Waals surface area contributed by atoms with E-state index in [0.29, 0.717) is 30.6 Å². The number of oxazole rings is 1. The Balaban J connectivity index is 1.68. The molecule has 5 nitrogen and oxygen atoms in total. The smallest absolute Gasteiger partial charge is 0.387 e. The zero-order chi connectivity index (χ0) is 15.4. The lowest BCUT2D eigenvalue weighted by molar-refractivity contribution is -0.0515. The van der Waals surface area contributed by atoms with Crippen molar-refractivity contribution in [1.29, 1.82) is 0 Å². The van der Waals surface area contributed by atoms with Crippen molar-refractivity contribution >= 4 is 5.69 Å². The summed E-state index contributed by atoms with van der Waals surface area (Å²) in [5.41, 5.74) is 0.726. The summed E-state index contributed by atoms with van der Waals surface area (Å²) < 4.78 is 40.1. The van der Waals surface area contributed by atoms with E-state index in [1.807, 2.05) is 0 Å². The first-order chi connectivity index (χ1) is 10.7. The lowest BCUT2D eigenvalue weighted by Crippen LogP contribution is -2.07. The second-order valence-electron chi connectivity index (χ2n) is 5.12. The van der Waals surface area contributed by atoms with Crippen molar-refractivity contribution in [1.82, 2.24) is 4.98 Å². The van der Waals surface area contributed by atoms with Crippen molar-refractivity contribution in [2.75, 3.05) is 11.9 Å². The van der Waals surface area contributed by atoms with Crippen LogP contribution in [0.5, 0.6) is 11.5 Å². The van der Waals surface area contributed by atoms with E-state index in [9.17, 15) is 8.78 Å². The molecule has 1 aromatic heterocycles. The molecule has 0 bridgehead atoms. The van der Waals surface area contributed by atoms with E-state index < -0.39 is 6.61 Å². The van der Waals surface area contributed by atoms with Crippen LogP contribution in [0.25, 0.3) is 0 Å². The van der Waals surface area contributed by atoms with E-state index in [-0.39, 0.29) is 5.75 Å². The van der Waals surface area contributed by atoms with Crippen LogP contribution in [0.1, 0.15) is 18.6 Å². The summed E-state index contributed by atoms with van der Waals surface area (Å²) in [6.07, 6.45) is 5.19. The van der Waals surface area contributed by atoms with E-state index in [1.54, 1.807) is 18.3 Å². The minimum Gasteiger partial charge on any atom is -0.489 e. The van der Waals surface area contributed by atoms with Gasteiger partial charge in [0.1, 0.15) is 5.76 Å². The summed E-state index contributed by atoms with van der Waals surface area (Å²) >= 11 is 0. The van der Waals surface area contributed by atoms with Crippen LogP contribution in [-0.4, -0.2) is 18.2 Å². The van der Waals surface area contributed by atoms with Gasteiger partial charge in [0.15, 0.2) is 17.9 Å². The Morgan fingerprint density at radius 3 is 2.86 bits per heavy atom. The Bertz CT molecular complexity index is 601. The first-order valence-electron chi connectivity index (χ1n) is 7.03. The van der Waals surface area contributed by atoms with Crippen molar-refractivity contribution in [3.8, 4) is 11.5 Å². The normalized spacial score (nSPS) is 14.1. The number of aromatic nitrogens is 1. The highest BCUT2D eigenvalue weighted by Crippen LogP contribution is 2.35. The Morgan fingerprint density at radius 1 is 1.32 bits per heavy atom. The molecule has 2 aromatic rings. The number of anilines is 1. The van der Waals surface area contributed by atoms with E-state index in [2.05, 4.69) is 15.0 Å². The van der Waals surface area contributed by atoms with Crippen molar-refractivity contribution in [2.45, 2.75) is 26.0 Å². The molecule has 1 aromatic carbocycles. The van der Waals surface area contributed by atoms with Gasteiger partial charge in [-0.15, -0.1) is 0 Å². The summed E-state index contributed by atoms with van der Waals surface area (Å²) in [7, 11) is 0. The summed E-state index contributed by atoms with van der Waals surface area (Å²) in [5, 5.41) is 3.11. The topological polar surface area (TPSA) is 56.5 Å². The quantitative estimate of drug-likeness (QED) is 0.806.